The van der Waals surface area contributed by atoms with Crippen LogP contribution >= 0.6 is 0 Å². The van der Waals surface area contributed by atoms with E-state index in [1.54, 1.807) is 43.3 Å². The quantitative estimate of drug-likeness (QED) is 0.823. The standard InChI is InChI=1S/C17H19N3O4S/c1-11-17(18-12(2)21)16(24-19-11)10-5-13-3-8-15(9-4-13)25(22,23)20-14-6-7-14/h3-5,8-10,14,20H,6-7H2,1-2H3,(H,18,21)/b10-5-. The van der Waals surface area contributed by atoms with Crippen molar-refractivity contribution in [3.05, 3.63) is 41.3 Å². The molecule has 1 fully saturated rings. The fraction of sp³-hybridized carbons (Fsp3) is 0.294. The van der Waals surface area contributed by atoms with Crippen LogP contribution in [0.3, 0.4) is 0 Å². The molecule has 0 radical (unpaired) electrons. The summed E-state index contributed by atoms with van der Waals surface area (Å²) in [6.07, 6.45) is 5.23. The first kappa shape index (κ1) is 17.4. The summed E-state index contributed by atoms with van der Waals surface area (Å²) < 4.78 is 32.1. The molecule has 2 N–H and O–H groups in total. The first-order valence-corrected chi connectivity index (χ1v) is 9.38. The number of rotatable bonds is 6. The van der Waals surface area contributed by atoms with Crippen molar-refractivity contribution in [2.45, 2.75) is 37.6 Å². The number of aromatic nitrogens is 1. The topological polar surface area (TPSA) is 101 Å². The third kappa shape index (κ3) is 4.34. The number of anilines is 1. The molecule has 0 aliphatic heterocycles. The van der Waals surface area contributed by atoms with Gasteiger partial charge in [0.15, 0.2) is 5.76 Å². The zero-order chi connectivity index (χ0) is 18.0. The maximum atomic E-state index is 12.1. The van der Waals surface area contributed by atoms with Crippen molar-refractivity contribution in [1.82, 2.24) is 9.88 Å². The minimum Gasteiger partial charge on any atom is -0.354 e. The van der Waals surface area contributed by atoms with E-state index in [1.165, 1.54) is 6.92 Å². The molecule has 1 amide bonds. The number of carbonyl (C=O) groups excluding carboxylic acids is 1. The van der Waals surface area contributed by atoms with Crippen LogP contribution in [0.4, 0.5) is 5.69 Å². The lowest BCUT2D eigenvalue weighted by atomic mass is 10.2. The van der Waals surface area contributed by atoms with Crippen molar-refractivity contribution >= 4 is 33.8 Å². The lowest BCUT2D eigenvalue weighted by molar-refractivity contribution is -0.114. The van der Waals surface area contributed by atoms with Crippen molar-refractivity contribution in [2.75, 3.05) is 5.32 Å². The maximum absolute atomic E-state index is 12.1. The van der Waals surface area contributed by atoms with Crippen molar-refractivity contribution in [3.63, 3.8) is 0 Å². The number of nitrogens with one attached hydrogen (secondary N) is 2. The molecule has 0 bridgehead atoms. The van der Waals surface area contributed by atoms with Gasteiger partial charge in [-0.05, 0) is 43.5 Å². The molecular weight excluding hydrogens is 342 g/mol. The van der Waals surface area contributed by atoms with Gasteiger partial charge in [0.25, 0.3) is 0 Å². The zero-order valence-electron chi connectivity index (χ0n) is 13.9. The highest BCUT2D eigenvalue weighted by Crippen LogP contribution is 2.24. The average molecular weight is 361 g/mol. The van der Waals surface area contributed by atoms with E-state index < -0.39 is 10.0 Å². The third-order valence-corrected chi connectivity index (χ3v) is 5.24. The molecule has 0 atom stereocenters. The summed E-state index contributed by atoms with van der Waals surface area (Å²) >= 11 is 0. The molecular formula is C17H19N3O4S. The van der Waals surface area contributed by atoms with Crippen molar-refractivity contribution in [1.29, 1.82) is 0 Å². The molecule has 132 valence electrons. The fourth-order valence-electron chi connectivity index (χ4n) is 2.25. The van der Waals surface area contributed by atoms with E-state index >= 15 is 0 Å². The Morgan fingerprint density at radius 1 is 1.24 bits per heavy atom. The molecule has 2 aromatic rings. The molecule has 1 aromatic heterocycles. The van der Waals surface area contributed by atoms with E-state index in [0.717, 1.165) is 18.4 Å². The van der Waals surface area contributed by atoms with Gasteiger partial charge in [-0.3, -0.25) is 4.79 Å². The second-order valence-corrected chi connectivity index (χ2v) is 7.70. The van der Waals surface area contributed by atoms with E-state index in [4.69, 9.17) is 4.52 Å². The lowest BCUT2D eigenvalue weighted by Crippen LogP contribution is -2.25. The fourth-order valence-corrected chi connectivity index (χ4v) is 3.55. The molecule has 0 unspecified atom stereocenters. The van der Waals surface area contributed by atoms with Crippen LogP contribution in [0.25, 0.3) is 12.2 Å². The van der Waals surface area contributed by atoms with Gasteiger partial charge in [0.1, 0.15) is 11.4 Å². The van der Waals surface area contributed by atoms with Crippen LogP contribution in [-0.4, -0.2) is 25.5 Å². The number of hydrogen-bond donors (Lipinski definition) is 2. The average Bonchev–Trinajstić information content (AvgIpc) is 3.29. The van der Waals surface area contributed by atoms with Gasteiger partial charge in [0.05, 0.1) is 4.90 Å². The van der Waals surface area contributed by atoms with Crippen molar-refractivity contribution in [2.24, 2.45) is 0 Å². The largest absolute Gasteiger partial charge is 0.354 e. The number of amides is 1. The van der Waals surface area contributed by atoms with E-state index in [9.17, 15) is 13.2 Å². The molecule has 1 aliphatic carbocycles. The number of sulfonamides is 1. The molecule has 7 nitrogen and oxygen atoms in total. The number of nitrogens with zero attached hydrogens (tertiary/aromatic N) is 1. The van der Waals surface area contributed by atoms with Gasteiger partial charge < -0.3 is 9.84 Å². The monoisotopic (exact) mass is 361 g/mol. The van der Waals surface area contributed by atoms with Crippen LogP contribution in [-0.2, 0) is 14.8 Å². The summed E-state index contributed by atoms with van der Waals surface area (Å²) in [5.74, 6) is 0.221. The summed E-state index contributed by atoms with van der Waals surface area (Å²) in [6, 6.07) is 6.61. The molecule has 0 spiro atoms. The Morgan fingerprint density at radius 3 is 2.52 bits per heavy atom. The molecule has 3 rings (SSSR count). The van der Waals surface area contributed by atoms with Crippen LogP contribution in [0.1, 0.15) is 36.8 Å². The molecule has 1 heterocycles. The number of benzene rings is 1. The SMILES string of the molecule is CC(=O)Nc1c(C)noc1/C=C\c1ccc(S(=O)(=O)NC2CC2)cc1. The summed E-state index contributed by atoms with van der Waals surface area (Å²) in [7, 11) is -3.45. The normalized spacial score (nSPS) is 14.8. The Morgan fingerprint density at radius 2 is 1.92 bits per heavy atom. The molecule has 1 aromatic carbocycles. The number of hydrogen-bond acceptors (Lipinski definition) is 5. The lowest BCUT2D eigenvalue weighted by Gasteiger charge is -2.05. The Balaban J connectivity index is 1.75. The Kier molecular flexibility index (Phi) is 4.73. The van der Waals surface area contributed by atoms with Crippen LogP contribution in [0.15, 0.2) is 33.7 Å². The summed E-state index contributed by atoms with van der Waals surface area (Å²) in [5, 5.41) is 6.51. The Bertz CT molecular complexity index is 910. The van der Waals surface area contributed by atoms with Gasteiger partial charge in [-0.25, -0.2) is 13.1 Å². The first-order valence-electron chi connectivity index (χ1n) is 7.89. The van der Waals surface area contributed by atoms with E-state index in [1.807, 2.05) is 0 Å². The van der Waals surface area contributed by atoms with Gasteiger partial charge in [-0.2, -0.15) is 0 Å². The number of aryl methyl sites for hydroxylation is 1. The third-order valence-electron chi connectivity index (χ3n) is 3.71. The summed E-state index contributed by atoms with van der Waals surface area (Å²) in [4.78, 5) is 11.5. The van der Waals surface area contributed by atoms with Crippen molar-refractivity contribution in [3.8, 4) is 0 Å². The van der Waals surface area contributed by atoms with Crippen LogP contribution < -0.4 is 10.0 Å². The number of carbonyl (C=O) groups is 1. The van der Waals surface area contributed by atoms with Crippen LogP contribution in [0.5, 0.6) is 0 Å². The molecule has 1 aliphatic rings. The van der Waals surface area contributed by atoms with Gasteiger partial charge in [0.2, 0.25) is 15.9 Å². The zero-order valence-corrected chi connectivity index (χ0v) is 14.8. The van der Waals surface area contributed by atoms with Gasteiger partial charge >= 0.3 is 0 Å². The highest BCUT2D eigenvalue weighted by Gasteiger charge is 2.27. The van der Waals surface area contributed by atoms with Crippen molar-refractivity contribution < 1.29 is 17.7 Å². The minimum absolute atomic E-state index is 0.0754. The minimum atomic E-state index is -3.45. The molecule has 0 saturated heterocycles. The highest BCUT2D eigenvalue weighted by atomic mass is 32.2. The molecule has 1 saturated carbocycles. The van der Waals surface area contributed by atoms with Crippen LogP contribution in [0.2, 0.25) is 0 Å². The van der Waals surface area contributed by atoms with E-state index in [2.05, 4.69) is 15.2 Å². The molecule has 25 heavy (non-hydrogen) atoms. The first-order chi connectivity index (χ1) is 11.8. The maximum Gasteiger partial charge on any atom is 0.240 e. The van der Waals surface area contributed by atoms with Gasteiger partial charge in [0, 0.05) is 13.0 Å². The second-order valence-electron chi connectivity index (χ2n) is 5.99. The Hall–Kier alpha value is -2.45. The predicted molar refractivity (Wildman–Crippen MR) is 94.3 cm³/mol. The smallest absolute Gasteiger partial charge is 0.240 e. The second kappa shape index (κ2) is 6.81. The summed E-state index contributed by atoms with van der Waals surface area (Å²) in [6.45, 7) is 3.15. The Labute approximate surface area is 146 Å². The van der Waals surface area contributed by atoms with Gasteiger partial charge in [-0.15, -0.1) is 0 Å². The highest BCUT2D eigenvalue weighted by molar-refractivity contribution is 7.89. The van der Waals surface area contributed by atoms with E-state index in [0.29, 0.717) is 17.1 Å². The van der Waals surface area contributed by atoms with Crippen LogP contribution in [0, 0.1) is 6.92 Å². The summed E-state index contributed by atoms with van der Waals surface area (Å²) in [5.41, 5.74) is 1.91. The molecule has 8 heteroatoms. The predicted octanol–water partition coefficient (Wildman–Crippen LogP) is 2.55. The van der Waals surface area contributed by atoms with Gasteiger partial charge in [-0.1, -0.05) is 23.4 Å². The van der Waals surface area contributed by atoms with E-state index in [-0.39, 0.29) is 16.8 Å².